The lowest BCUT2D eigenvalue weighted by atomic mass is 10.0. The third-order valence-electron chi connectivity index (χ3n) is 5.73. The fourth-order valence-corrected chi connectivity index (χ4v) is 4.80. The van der Waals surface area contributed by atoms with Gasteiger partial charge >= 0.3 is 0 Å². The predicted octanol–water partition coefficient (Wildman–Crippen LogP) is 4.98. The van der Waals surface area contributed by atoms with Crippen LogP contribution in [-0.4, -0.2) is 24.4 Å². The Morgan fingerprint density at radius 1 is 1.03 bits per heavy atom. The van der Waals surface area contributed by atoms with Gasteiger partial charge in [-0.15, -0.1) is 11.3 Å². The first-order valence-electron chi connectivity index (χ1n) is 10.8. The van der Waals surface area contributed by atoms with E-state index >= 15 is 0 Å². The number of nitrogens with zero attached hydrogens (tertiary/aromatic N) is 1. The average Bonchev–Trinajstić information content (AvgIpc) is 3.25. The Morgan fingerprint density at radius 3 is 2.39 bits per heavy atom. The Balaban J connectivity index is 1.42. The SMILES string of the molecule is CC(C)[C@H](NC(=O)c1c(F)cccc1F)C(=O)Nc1ccc(N2CCc3sccc3C2)cc1. The zero-order valence-electron chi connectivity index (χ0n) is 18.4. The van der Waals surface area contributed by atoms with Crippen LogP contribution >= 0.6 is 11.3 Å². The number of nitrogens with one attached hydrogen (secondary N) is 2. The molecule has 172 valence electrons. The highest BCUT2D eigenvalue weighted by atomic mass is 32.1. The number of benzene rings is 2. The van der Waals surface area contributed by atoms with E-state index in [4.69, 9.17) is 0 Å². The highest BCUT2D eigenvalue weighted by Crippen LogP contribution is 2.28. The van der Waals surface area contributed by atoms with Gasteiger partial charge in [0.05, 0.1) is 0 Å². The van der Waals surface area contributed by atoms with Crippen LogP contribution in [-0.2, 0) is 17.8 Å². The van der Waals surface area contributed by atoms with Crippen molar-refractivity contribution in [3.8, 4) is 0 Å². The first kappa shape index (κ1) is 22.9. The van der Waals surface area contributed by atoms with E-state index in [-0.39, 0.29) is 5.92 Å². The number of amides is 2. The minimum absolute atomic E-state index is 0.295. The number of thiophene rings is 1. The number of carbonyl (C=O) groups excluding carboxylic acids is 2. The fraction of sp³-hybridized carbons (Fsp3) is 0.280. The minimum atomic E-state index is -0.974. The molecule has 0 fully saturated rings. The van der Waals surface area contributed by atoms with Crippen LogP contribution in [0, 0.1) is 17.6 Å². The van der Waals surface area contributed by atoms with Crippen molar-refractivity contribution in [2.75, 3.05) is 16.8 Å². The summed E-state index contributed by atoms with van der Waals surface area (Å²) in [5, 5.41) is 7.38. The molecule has 2 heterocycles. The first-order chi connectivity index (χ1) is 15.8. The molecule has 4 rings (SSSR count). The van der Waals surface area contributed by atoms with E-state index in [1.165, 1.54) is 16.5 Å². The predicted molar refractivity (Wildman–Crippen MR) is 127 cm³/mol. The largest absolute Gasteiger partial charge is 0.367 e. The van der Waals surface area contributed by atoms with Crippen molar-refractivity contribution in [2.45, 2.75) is 32.9 Å². The van der Waals surface area contributed by atoms with Gasteiger partial charge in [-0.3, -0.25) is 9.59 Å². The normalized spacial score (nSPS) is 14.0. The first-order valence-corrected chi connectivity index (χ1v) is 11.7. The maximum atomic E-state index is 14.0. The van der Waals surface area contributed by atoms with Gasteiger partial charge in [-0.25, -0.2) is 8.78 Å². The van der Waals surface area contributed by atoms with Gasteiger partial charge in [0, 0.05) is 29.3 Å². The summed E-state index contributed by atoms with van der Waals surface area (Å²) in [6.07, 6.45) is 1.02. The Hall–Kier alpha value is -3.26. The minimum Gasteiger partial charge on any atom is -0.367 e. The van der Waals surface area contributed by atoms with Crippen LogP contribution in [0.3, 0.4) is 0 Å². The Morgan fingerprint density at radius 2 is 1.73 bits per heavy atom. The molecule has 1 atom stereocenters. The molecule has 0 spiro atoms. The molecule has 0 saturated heterocycles. The van der Waals surface area contributed by atoms with Gasteiger partial charge < -0.3 is 15.5 Å². The van der Waals surface area contributed by atoms with Crippen molar-refractivity contribution in [3.63, 3.8) is 0 Å². The van der Waals surface area contributed by atoms with E-state index in [0.29, 0.717) is 5.69 Å². The Bertz CT molecular complexity index is 1140. The summed E-state index contributed by atoms with van der Waals surface area (Å²) in [6.45, 7) is 5.30. The van der Waals surface area contributed by atoms with E-state index in [0.717, 1.165) is 37.3 Å². The molecule has 0 unspecified atom stereocenters. The molecule has 0 saturated carbocycles. The van der Waals surface area contributed by atoms with E-state index < -0.39 is 35.1 Å². The van der Waals surface area contributed by atoms with Gasteiger partial charge in [-0.2, -0.15) is 0 Å². The number of anilines is 2. The maximum Gasteiger partial charge on any atom is 0.257 e. The van der Waals surface area contributed by atoms with Gasteiger partial charge in [-0.1, -0.05) is 19.9 Å². The third-order valence-corrected chi connectivity index (χ3v) is 6.76. The van der Waals surface area contributed by atoms with Crippen molar-refractivity contribution in [1.82, 2.24) is 5.32 Å². The number of carbonyl (C=O) groups is 2. The van der Waals surface area contributed by atoms with Crippen LogP contribution in [0.2, 0.25) is 0 Å². The van der Waals surface area contributed by atoms with E-state index in [2.05, 4.69) is 27.0 Å². The van der Waals surface area contributed by atoms with Crippen LogP contribution in [0.15, 0.2) is 53.9 Å². The van der Waals surface area contributed by atoms with E-state index in [9.17, 15) is 18.4 Å². The molecule has 0 bridgehead atoms. The van der Waals surface area contributed by atoms with Crippen LogP contribution in [0.5, 0.6) is 0 Å². The van der Waals surface area contributed by atoms with E-state index in [1.807, 2.05) is 24.3 Å². The van der Waals surface area contributed by atoms with E-state index in [1.54, 1.807) is 25.2 Å². The summed E-state index contributed by atoms with van der Waals surface area (Å²) in [4.78, 5) is 29.1. The second kappa shape index (κ2) is 9.70. The van der Waals surface area contributed by atoms with Gasteiger partial charge in [0.25, 0.3) is 5.91 Å². The fourth-order valence-electron chi connectivity index (χ4n) is 3.91. The monoisotopic (exact) mass is 469 g/mol. The molecule has 8 heteroatoms. The van der Waals surface area contributed by atoms with Gasteiger partial charge in [0.1, 0.15) is 23.2 Å². The van der Waals surface area contributed by atoms with Crippen molar-refractivity contribution in [2.24, 2.45) is 5.92 Å². The van der Waals surface area contributed by atoms with Gasteiger partial charge in [-0.05, 0) is 65.7 Å². The zero-order chi connectivity index (χ0) is 23.5. The van der Waals surface area contributed by atoms with Crippen molar-refractivity contribution in [3.05, 3.63) is 81.5 Å². The number of hydrogen-bond donors (Lipinski definition) is 2. The number of hydrogen-bond acceptors (Lipinski definition) is 4. The number of fused-ring (bicyclic) bond motifs is 1. The van der Waals surface area contributed by atoms with Crippen LogP contribution < -0.4 is 15.5 Å². The highest BCUT2D eigenvalue weighted by Gasteiger charge is 2.27. The lowest BCUT2D eigenvalue weighted by Gasteiger charge is -2.29. The summed E-state index contributed by atoms with van der Waals surface area (Å²) >= 11 is 1.80. The second-order valence-corrected chi connectivity index (χ2v) is 9.37. The summed E-state index contributed by atoms with van der Waals surface area (Å²) in [7, 11) is 0. The Labute approximate surface area is 195 Å². The van der Waals surface area contributed by atoms with Crippen LogP contribution in [0.25, 0.3) is 0 Å². The molecule has 2 amide bonds. The van der Waals surface area contributed by atoms with Crippen LogP contribution in [0.4, 0.5) is 20.2 Å². The molecule has 0 aliphatic carbocycles. The summed E-state index contributed by atoms with van der Waals surface area (Å²) in [5.41, 5.74) is 2.29. The molecule has 33 heavy (non-hydrogen) atoms. The standard InChI is InChI=1S/C25H25F2N3O2S/c1-15(2)23(29-24(31)22-19(26)4-3-5-20(22)27)25(32)28-17-6-8-18(9-7-17)30-12-10-21-16(14-30)11-13-33-21/h3-9,11,13,15,23H,10,12,14H2,1-2H3,(H,28,32)(H,29,31)/t23-/m0/s1. The molecular formula is C25H25F2N3O2S. The van der Waals surface area contributed by atoms with Crippen molar-refractivity contribution < 1.29 is 18.4 Å². The third kappa shape index (κ3) is 5.06. The van der Waals surface area contributed by atoms with Crippen molar-refractivity contribution >= 4 is 34.5 Å². The lowest BCUT2D eigenvalue weighted by molar-refractivity contribution is -0.118. The lowest BCUT2D eigenvalue weighted by Crippen LogP contribution is -2.47. The molecule has 0 radical (unpaired) electrons. The Kier molecular flexibility index (Phi) is 6.74. The number of halogens is 2. The quantitative estimate of drug-likeness (QED) is 0.535. The molecule has 2 N–H and O–H groups in total. The second-order valence-electron chi connectivity index (χ2n) is 8.37. The molecule has 1 aliphatic heterocycles. The zero-order valence-corrected chi connectivity index (χ0v) is 19.2. The summed E-state index contributed by atoms with van der Waals surface area (Å²) in [6, 6.07) is 11.9. The maximum absolute atomic E-state index is 14.0. The molecule has 1 aromatic heterocycles. The summed E-state index contributed by atoms with van der Waals surface area (Å²) in [5.74, 6) is -3.66. The molecule has 5 nitrogen and oxygen atoms in total. The van der Waals surface area contributed by atoms with Crippen molar-refractivity contribution in [1.29, 1.82) is 0 Å². The molecule has 1 aliphatic rings. The number of rotatable bonds is 6. The van der Waals surface area contributed by atoms with Gasteiger partial charge in [0.2, 0.25) is 5.91 Å². The smallest absolute Gasteiger partial charge is 0.257 e. The van der Waals surface area contributed by atoms with Gasteiger partial charge in [0.15, 0.2) is 0 Å². The average molecular weight is 470 g/mol. The van der Waals surface area contributed by atoms with Crippen LogP contribution in [0.1, 0.15) is 34.6 Å². The topological polar surface area (TPSA) is 61.4 Å². The molecule has 2 aromatic carbocycles. The molecular weight excluding hydrogens is 444 g/mol. The summed E-state index contributed by atoms with van der Waals surface area (Å²) < 4.78 is 27.9. The molecule has 3 aromatic rings. The highest BCUT2D eigenvalue weighted by molar-refractivity contribution is 7.10.